The van der Waals surface area contributed by atoms with Crippen LogP contribution in [0.25, 0.3) is 0 Å². The molecule has 1 aliphatic heterocycles. The lowest BCUT2D eigenvalue weighted by atomic mass is 10.2. The first-order valence-electron chi connectivity index (χ1n) is 6.81. The normalized spacial score (nSPS) is 21.8. The quantitative estimate of drug-likeness (QED) is 0.792. The molecule has 3 heteroatoms. The molecule has 1 saturated carbocycles. The van der Waals surface area contributed by atoms with Gasteiger partial charge in [0.05, 0.1) is 0 Å². The maximum absolute atomic E-state index is 4.57. The summed E-state index contributed by atoms with van der Waals surface area (Å²) in [5, 5.41) is 0. The number of hydrogen-bond donors (Lipinski definition) is 0. The Kier molecular flexibility index (Phi) is 3.02. The Balaban J connectivity index is 1.60. The predicted octanol–water partition coefficient (Wildman–Crippen LogP) is 1.93. The number of piperazine rings is 1. The van der Waals surface area contributed by atoms with Crippen LogP contribution in [0.15, 0.2) is 18.3 Å². The average molecular weight is 231 g/mol. The summed E-state index contributed by atoms with van der Waals surface area (Å²) in [6.07, 6.45) is 5.93. The molecule has 1 aromatic heterocycles. The summed E-state index contributed by atoms with van der Waals surface area (Å²) >= 11 is 0. The second-order valence-corrected chi connectivity index (χ2v) is 5.13. The number of pyridine rings is 1. The van der Waals surface area contributed by atoms with Crippen molar-refractivity contribution in [1.29, 1.82) is 0 Å². The molecule has 2 fully saturated rings. The van der Waals surface area contributed by atoms with Crippen molar-refractivity contribution < 1.29 is 0 Å². The summed E-state index contributed by atoms with van der Waals surface area (Å²) in [5.41, 5.74) is 1.32. The summed E-state index contributed by atoms with van der Waals surface area (Å²) in [5.74, 6) is 1.15. The molecule has 3 nitrogen and oxygen atoms in total. The highest BCUT2D eigenvalue weighted by Gasteiger charge is 2.31. The Morgan fingerprint density at radius 3 is 2.47 bits per heavy atom. The smallest absolute Gasteiger partial charge is 0.128 e. The van der Waals surface area contributed by atoms with Gasteiger partial charge in [0, 0.05) is 38.4 Å². The van der Waals surface area contributed by atoms with E-state index in [-0.39, 0.29) is 0 Å². The van der Waals surface area contributed by atoms with Gasteiger partial charge in [0.1, 0.15) is 5.82 Å². The molecule has 0 aromatic carbocycles. The molecule has 0 spiro atoms. The lowest BCUT2D eigenvalue weighted by molar-refractivity contribution is 0.247. The molecule has 92 valence electrons. The van der Waals surface area contributed by atoms with E-state index in [9.17, 15) is 0 Å². The molecule has 0 amide bonds. The van der Waals surface area contributed by atoms with E-state index in [1.807, 2.05) is 6.20 Å². The van der Waals surface area contributed by atoms with Gasteiger partial charge in [-0.05, 0) is 30.9 Å². The molecule has 0 N–H and O–H groups in total. The summed E-state index contributed by atoms with van der Waals surface area (Å²) in [6, 6.07) is 5.29. The van der Waals surface area contributed by atoms with E-state index in [0.717, 1.165) is 31.4 Å². The van der Waals surface area contributed by atoms with Crippen molar-refractivity contribution in [2.75, 3.05) is 31.1 Å². The van der Waals surface area contributed by atoms with Crippen LogP contribution in [0.1, 0.15) is 25.3 Å². The Bertz CT molecular complexity index is 362. The first-order valence-corrected chi connectivity index (χ1v) is 6.81. The Morgan fingerprint density at radius 1 is 1.18 bits per heavy atom. The number of aromatic nitrogens is 1. The monoisotopic (exact) mass is 231 g/mol. The number of aryl methyl sites for hydroxylation is 1. The Hall–Kier alpha value is -1.09. The highest BCUT2D eigenvalue weighted by atomic mass is 15.3. The first-order chi connectivity index (χ1) is 8.36. The van der Waals surface area contributed by atoms with Crippen LogP contribution in [0.3, 0.4) is 0 Å². The van der Waals surface area contributed by atoms with Crippen LogP contribution >= 0.6 is 0 Å². The summed E-state index contributed by atoms with van der Waals surface area (Å²) in [4.78, 5) is 9.62. The molecule has 0 unspecified atom stereocenters. The molecule has 0 bridgehead atoms. The van der Waals surface area contributed by atoms with Crippen molar-refractivity contribution in [2.24, 2.45) is 0 Å². The highest BCUT2D eigenvalue weighted by Crippen LogP contribution is 2.28. The Labute approximate surface area is 103 Å². The number of rotatable bonds is 3. The highest BCUT2D eigenvalue weighted by molar-refractivity contribution is 5.40. The van der Waals surface area contributed by atoms with Gasteiger partial charge in [0.25, 0.3) is 0 Å². The molecular weight excluding hydrogens is 210 g/mol. The SMILES string of the molecule is CCc1ccc(N2CCN(C3CC3)CC2)nc1. The zero-order chi connectivity index (χ0) is 11.7. The number of hydrogen-bond acceptors (Lipinski definition) is 3. The summed E-state index contributed by atoms with van der Waals surface area (Å²) in [7, 11) is 0. The molecule has 17 heavy (non-hydrogen) atoms. The van der Waals surface area contributed by atoms with Gasteiger partial charge in [-0.3, -0.25) is 4.90 Å². The molecule has 2 aliphatic rings. The van der Waals surface area contributed by atoms with Crippen molar-refractivity contribution in [2.45, 2.75) is 32.2 Å². The van der Waals surface area contributed by atoms with Crippen molar-refractivity contribution in [3.05, 3.63) is 23.9 Å². The van der Waals surface area contributed by atoms with Gasteiger partial charge in [-0.15, -0.1) is 0 Å². The largest absolute Gasteiger partial charge is 0.354 e. The van der Waals surface area contributed by atoms with E-state index in [4.69, 9.17) is 0 Å². The van der Waals surface area contributed by atoms with Crippen LogP contribution < -0.4 is 4.90 Å². The molecule has 3 rings (SSSR count). The van der Waals surface area contributed by atoms with Crippen LogP contribution in [-0.2, 0) is 6.42 Å². The van der Waals surface area contributed by atoms with Gasteiger partial charge in [-0.1, -0.05) is 13.0 Å². The van der Waals surface area contributed by atoms with Crippen LogP contribution in [0, 0.1) is 0 Å². The number of anilines is 1. The van der Waals surface area contributed by atoms with Gasteiger partial charge < -0.3 is 4.90 Å². The number of nitrogens with zero attached hydrogens (tertiary/aromatic N) is 3. The van der Waals surface area contributed by atoms with Crippen LogP contribution in [0.2, 0.25) is 0 Å². The molecular formula is C14H21N3. The average Bonchev–Trinajstić information content (AvgIpc) is 3.24. The summed E-state index contributed by atoms with van der Waals surface area (Å²) < 4.78 is 0. The fourth-order valence-corrected chi connectivity index (χ4v) is 2.57. The van der Waals surface area contributed by atoms with Gasteiger partial charge in [-0.2, -0.15) is 0 Å². The van der Waals surface area contributed by atoms with Gasteiger partial charge in [-0.25, -0.2) is 4.98 Å². The third-order valence-electron chi connectivity index (χ3n) is 3.92. The van der Waals surface area contributed by atoms with E-state index in [0.29, 0.717) is 0 Å². The fraction of sp³-hybridized carbons (Fsp3) is 0.643. The van der Waals surface area contributed by atoms with Gasteiger partial charge >= 0.3 is 0 Å². The van der Waals surface area contributed by atoms with Crippen molar-refractivity contribution in [3.63, 3.8) is 0 Å². The maximum Gasteiger partial charge on any atom is 0.128 e. The van der Waals surface area contributed by atoms with E-state index >= 15 is 0 Å². The maximum atomic E-state index is 4.57. The van der Waals surface area contributed by atoms with E-state index in [2.05, 4.69) is 33.8 Å². The third-order valence-corrected chi connectivity index (χ3v) is 3.92. The van der Waals surface area contributed by atoms with Crippen molar-refractivity contribution >= 4 is 5.82 Å². The zero-order valence-electron chi connectivity index (χ0n) is 10.6. The first kappa shape index (κ1) is 11.0. The zero-order valence-corrected chi connectivity index (χ0v) is 10.6. The Morgan fingerprint density at radius 2 is 1.94 bits per heavy atom. The van der Waals surface area contributed by atoms with E-state index in [1.54, 1.807) is 0 Å². The lowest BCUT2D eigenvalue weighted by Crippen LogP contribution is -2.47. The lowest BCUT2D eigenvalue weighted by Gasteiger charge is -2.35. The molecule has 1 aromatic rings. The van der Waals surface area contributed by atoms with Gasteiger partial charge in [0.15, 0.2) is 0 Å². The second-order valence-electron chi connectivity index (χ2n) is 5.13. The molecule has 2 heterocycles. The molecule has 1 saturated heterocycles. The second kappa shape index (κ2) is 4.65. The van der Waals surface area contributed by atoms with Crippen LogP contribution in [-0.4, -0.2) is 42.1 Å². The third kappa shape index (κ3) is 2.44. The van der Waals surface area contributed by atoms with Crippen molar-refractivity contribution in [3.8, 4) is 0 Å². The van der Waals surface area contributed by atoms with Crippen molar-refractivity contribution in [1.82, 2.24) is 9.88 Å². The van der Waals surface area contributed by atoms with Crippen LogP contribution in [0.4, 0.5) is 5.82 Å². The minimum Gasteiger partial charge on any atom is -0.354 e. The minimum atomic E-state index is 0.910. The van der Waals surface area contributed by atoms with E-state index in [1.165, 1.54) is 31.5 Å². The van der Waals surface area contributed by atoms with E-state index < -0.39 is 0 Å². The topological polar surface area (TPSA) is 19.4 Å². The standard InChI is InChI=1S/C14H21N3/c1-2-12-3-6-14(15-11-12)17-9-7-16(8-10-17)13-4-5-13/h3,6,11,13H,2,4-5,7-10H2,1H3. The predicted molar refractivity (Wildman–Crippen MR) is 70.4 cm³/mol. The molecule has 1 aliphatic carbocycles. The minimum absolute atomic E-state index is 0.910. The van der Waals surface area contributed by atoms with Crippen LogP contribution in [0.5, 0.6) is 0 Å². The van der Waals surface area contributed by atoms with Gasteiger partial charge in [0.2, 0.25) is 0 Å². The molecule has 0 radical (unpaired) electrons. The molecule has 0 atom stereocenters. The fourth-order valence-electron chi connectivity index (χ4n) is 2.57. The summed E-state index contributed by atoms with van der Waals surface area (Å²) in [6.45, 7) is 6.86.